The largest absolute Gasteiger partial charge is 0.312 e. The molecule has 0 fully saturated rings. The summed E-state index contributed by atoms with van der Waals surface area (Å²) in [6, 6.07) is 3.51. The maximum absolute atomic E-state index is 11.5. The average Bonchev–Trinajstić information content (AvgIpc) is 2.26. The second-order valence-electron chi connectivity index (χ2n) is 4.35. The molecule has 0 radical (unpaired) electrons. The SMILES string of the molecule is CCCNC(Cn1ncccc1=O)C(C)C. The van der Waals surface area contributed by atoms with Crippen molar-refractivity contribution in [2.45, 2.75) is 39.8 Å². The number of nitrogens with zero attached hydrogens (tertiary/aromatic N) is 2. The van der Waals surface area contributed by atoms with Crippen molar-refractivity contribution in [3.63, 3.8) is 0 Å². The molecule has 0 saturated heterocycles. The normalized spacial score (nSPS) is 13.0. The van der Waals surface area contributed by atoms with Crippen LogP contribution in [0.3, 0.4) is 0 Å². The predicted molar refractivity (Wildman–Crippen MR) is 65.4 cm³/mol. The minimum Gasteiger partial charge on any atom is -0.312 e. The zero-order valence-electron chi connectivity index (χ0n) is 10.3. The number of hydrogen-bond donors (Lipinski definition) is 1. The Morgan fingerprint density at radius 2 is 2.25 bits per heavy atom. The van der Waals surface area contributed by atoms with Gasteiger partial charge < -0.3 is 5.32 Å². The van der Waals surface area contributed by atoms with Gasteiger partial charge in [-0.1, -0.05) is 20.8 Å². The third kappa shape index (κ3) is 3.77. The molecule has 0 amide bonds. The van der Waals surface area contributed by atoms with Gasteiger partial charge in [-0.3, -0.25) is 4.79 Å². The molecule has 1 aromatic heterocycles. The van der Waals surface area contributed by atoms with Gasteiger partial charge in [0.2, 0.25) is 0 Å². The molecule has 0 bridgehead atoms. The smallest absolute Gasteiger partial charge is 0.266 e. The number of hydrogen-bond acceptors (Lipinski definition) is 3. The summed E-state index contributed by atoms with van der Waals surface area (Å²) in [6.45, 7) is 8.06. The average molecular weight is 223 g/mol. The first kappa shape index (κ1) is 12.9. The molecule has 1 rings (SSSR count). The highest BCUT2D eigenvalue weighted by atomic mass is 16.1. The maximum Gasteiger partial charge on any atom is 0.266 e. The third-order valence-corrected chi connectivity index (χ3v) is 2.62. The lowest BCUT2D eigenvalue weighted by molar-refractivity contribution is 0.337. The molecule has 1 unspecified atom stereocenters. The van der Waals surface area contributed by atoms with Crippen LogP contribution in [0.25, 0.3) is 0 Å². The molecule has 0 aromatic carbocycles. The van der Waals surface area contributed by atoms with Crippen LogP contribution in [0.1, 0.15) is 27.2 Å². The van der Waals surface area contributed by atoms with E-state index in [1.54, 1.807) is 18.3 Å². The highest BCUT2D eigenvalue weighted by Crippen LogP contribution is 2.03. The van der Waals surface area contributed by atoms with Crippen molar-refractivity contribution in [3.05, 3.63) is 28.7 Å². The molecular formula is C12H21N3O. The third-order valence-electron chi connectivity index (χ3n) is 2.62. The predicted octanol–water partition coefficient (Wildman–Crippen LogP) is 1.27. The topological polar surface area (TPSA) is 46.9 Å². The first-order valence-corrected chi connectivity index (χ1v) is 5.90. The highest BCUT2D eigenvalue weighted by molar-refractivity contribution is 4.86. The lowest BCUT2D eigenvalue weighted by Crippen LogP contribution is -2.41. The lowest BCUT2D eigenvalue weighted by Gasteiger charge is -2.22. The zero-order chi connectivity index (χ0) is 12.0. The first-order chi connectivity index (χ1) is 7.65. The van der Waals surface area contributed by atoms with E-state index in [-0.39, 0.29) is 5.56 Å². The molecule has 0 spiro atoms. The van der Waals surface area contributed by atoms with Crippen molar-refractivity contribution < 1.29 is 0 Å². The Morgan fingerprint density at radius 3 is 2.81 bits per heavy atom. The van der Waals surface area contributed by atoms with Gasteiger partial charge in [0.05, 0.1) is 6.54 Å². The van der Waals surface area contributed by atoms with Gasteiger partial charge in [-0.2, -0.15) is 5.10 Å². The molecule has 0 aliphatic heterocycles. The van der Waals surface area contributed by atoms with Crippen molar-refractivity contribution in [2.75, 3.05) is 6.54 Å². The van der Waals surface area contributed by atoms with E-state index in [2.05, 4.69) is 31.2 Å². The van der Waals surface area contributed by atoms with E-state index < -0.39 is 0 Å². The quantitative estimate of drug-likeness (QED) is 0.790. The molecule has 16 heavy (non-hydrogen) atoms. The molecule has 1 N–H and O–H groups in total. The van der Waals surface area contributed by atoms with Crippen LogP contribution in [0.15, 0.2) is 23.1 Å². The second kappa shape index (κ2) is 6.43. The van der Waals surface area contributed by atoms with E-state index in [9.17, 15) is 4.79 Å². The molecule has 1 atom stereocenters. The monoisotopic (exact) mass is 223 g/mol. The fraction of sp³-hybridized carbons (Fsp3) is 0.667. The maximum atomic E-state index is 11.5. The Morgan fingerprint density at radius 1 is 1.50 bits per heavy atom. The summed E-state index contributed by atoms with van der Waals surface area (Å²) in [6.07, 6.45) is 2.75. The number of rotatable bonds is 6. The van der Waals surface area contributed by atoms with Crippen molar-refractivity contribution >= 4 is 0 Å². The molecule has 4 nitrogen and oxygen atoms in total. The van der Waals surface area contributed by atoms with Crippen LogP contribution >= 0.6 is 0 Å². The van der Waals surface area contributed by atoms with Gasteiger partial charge in [0.1, 0.15) is 0 Å². The van der Waals surface area contributed by atoms with Crippen LogP contribution < -0.4 is 10.9 Å². The van der Waals surface area contributed by atoms with Crippen LogP contribution in [-0.4, -0.2) is 22.4 Å². The summed E-state index contributed by atoms with van der Waals surface area (Å²) in [5.41, 5.74) is -0.0357. The minimum atomic E-state index is -0.0357. The molecular weight excluding hydrogens is 202 g/mol. The van der Waals surface area contributed by atoms with E-state index in [0.717, 1.165) is 13.0 Å². The zero-order valence-corrected chi connectivity index (χ0v) is 10.3. The van der Waals surface area contributed by atoms with E-state index in [4.69, 9.17) is 0 Å². The van der Waals surface area contributed by atoms with E-state index in [1.165, 1.54) is 4.68 Å². The fourth-order valence-corrected chi connectivity index (χ4v) is 1.55. The standard InChI is InChI=1S/C12H21N3O/c1-4-7-13-11(10(2)3)9-15-12(16)6-5-8-14-15/h5-6,8,10-11,13H,4,7,9H2,1-3H3. The van der Waals surface area contributed by atoms with Crippen LogP contribution in [0, 0.1) is 5.92 Å². The Balaban J connectivity index is 2.68. The van der Waals surface area contributed by atoms with Crippen LogP contribution in [0.5, 0.6) is 0 Å². The van der Waals surface area contributed by atoms with E-state index in [0.29, 0.717) is 18.5 Å². The molecule has 0 aliphatic carbocycles. The summed E-state index contributed by atoms with van der Waals surface area (Å²) in [5.74, 6) is 0.487. The fourth-order valence-electron chi connectivity index (χ4n) is 1.55. The first-order valence-electron chi connectivity index (χ1n) is 5.90. The highest BCUT2D eigenvalue weighted by Gasteiger charge is 2.13. The van der Waals surface area contributed by atoms with E-state index in [1.807, 2.05) is 0 Å². The molecule has 90 valence electrons. The van der Waals surface area contributed by atoms with Gasteiger partial charge in [-0.15, -0.1) is 0 Å². The van der Waals surface area contributed by atoms with Gasteiger partial charge in [0, 0.05) is 18.3 Å². The second-order valence-corrected chi connectivity index (χ2v) is 4.35. The summed E-state index contributed by atoms with van der Waals surface area (Å²) in [4.78, 5) is 11.5. The molecule has 0 aliphatic rings. The van der Waals surface area contributed by atoms with Gasteiger partial charge in [0.25, 0.3) is 5.56 Å². The van der Waals surface area contributed by atoms with E-state index >= 15 is 0 Å². The molecule has 1 aromatic rings. The van der Waals surface area contributed by atoms with Crippen molar-refractivity contribution in [1.29, 1.82) is 0 Å². The van der Waals surface area contributed by atoms with Crippen LogP contribution in [0.4, 0.5) is 0 Å². The Bertz CT molecular complexity index is 359. The Hall–Kier alpha value is -1.16. The van der Waals surface area contributed by atoms with Gasteiger partial charge >= 0.3 is 0 Å². The van der Waals surface area contributed by atoms with Crippen LogP contribution in [-0.2, 0) is 6.54 Å². The minimum absolute atomic E-state index is 0.0357. The van der Waals surface area contributed by atoms with Gasteiger partial charge in [-0.25, -0.2) is 4.68 Å². The van der Waals surface area contributed by atoms with Gasteiger partial charge in [-0.05, 0) is 24.9 Å². The number of aromatic nitrogens is 2. The van der Waals surface area contributed by atoms with Crippen molar-refractivity contribution in [2.24, 2.45) is 5.92 Å². The molecule has 0 saturated carbocycles. The summed E-state index contributed by atoms with van der Waals surface area (Å²) in [5, 5.41) is 7.52. The Kier molecular flexibility index (Phi) is 5.19. The van der Waals surface area contributed by atoms with Crippen molar-refractivity contribution in [3.8, 4) is 0 Å². The van der Waals surface area contributed by atoms with Crippen LogP contribution in [0.2, 0.25) is 0 Å². The summed E-state index contributed by atoms with van der Waals surface area (Å²) >= 11 is 0. The Labute approximate surface area is 96.7 Å². The summed E-state index contributed by atoms with van der Waals surface area (Å²) < 4.78 is 1.52. The number of nitrogens with one attached hydrogen (secondary N) is 1. The molecule has 1 heterocycles. The summed E-state index contributed by atoms with van der Waals surface area (Å²) in [7, 11) is 0. The van der Waals surface area contributed by atoms with Gasteiger partial charge in [0.15, 0.2) is 0 Å². The lowest BCUT2D eigenvalue weighted by atomic mass is 10.0. The van der Waals surface area contributed by atoms with Crippen molar-refractivity contribution in [1.82, 2.24) is 15.1 Å². The molecule has 4 heteroatoms.